The highest BCUT2D eigenvalue weighted by Gasteiger charge is 2.09. The number of benzene rings is 2. The fourth-order valence-electron chi connectivity index (χ4n) is 2.35. The molecular formula is C18H13NO3S. The van der Waals surface area contributed by atoms with Gasteiger partial charge in [0.1, 0.15) is 0 Å². The predicted molar refractivity (Wildman–Crippen MR) is 93.0 cm³/mol. The highest BCUT2D eigenvalue weighted by Crippen LogP contribution is 2.31. The molecule has 3 rings (SSSR count). The van der Waals surface area contributed by atoms with Crippen molar-refractivity contribution >= 4 is 39.0 Å². The summed E-state index contributed by atoms with van der Waals surface area (Å²) in [5.74, 6) is -0.170. The fraction of sp³-hybridized carbons (Fsp3) is 0.0556. The Morgan fingerprint density at radius 3 is 2.48 bits per heavy atom. The summed E-state index contributed by atoms with van der Waals surface area (Å²) >= 11 is 1.64. The van der Waals surface area contributed by atoms with Crippen LogP contribution in [0.5, 0.6) is 0 Å². The lowest BCUT2D eigenvalue weighted by molar-refractivity contribution is -0.384. The average molecular weight is 323 g/mol. The summed E-state index contributed by atoms with van der Waals surface area (Å²) in [6, 6.07) is 13.7. The maximum atomic E-state index is 12.2. The second-order valence-corrected chi connectivity index (χ2v) is 6.17. The smallest absolute Gasteiger partial charge is 0.269 e. The Hall–Kier alpha value is -2.79. The minimum Gasteiger partial charge on any atom is -0.289 e. The lowest BCUT2D eigenvalue weighted by Gasteiger charge is -1.96. The highest BCUT2D eigenvalue weighted by molar-refractivity contribution is 7.20. The molecule has 1 aromatic heterocycles. The number of rotatable bonds is 4. The molecule has 0 aliphatic heterocycles. The molecule has 0 aliphatic rings. The number of nitro benzene ring substituents is 1. The predicted octanol–water partition coefficient (Wildman–Crippen LogP) is 5.01. The molecule has 0 N–H and O–H groups in total. The number of thiophene rings is 1. The first-order valence-electron chi connectivity index (χ1n) is 7.01. The van der Waals surface area contributed by atoms with Gasteiger partial charge in [-0.25, -0.2) is 0 Å². The Labute approximate surface area is 136 Å². The van der Waals surface area contributed by atoms with Crippen LogP contribution in [0.15, 0.2) is 54.6 Å². The van der Waals surface area contributed by atoms with E-state index < -0.39 is 4.92 Å². The first-order valence-corrected chi connectivity index (χ1v) is 7.83. The SMILES string of the molecule is Cc1c(C=CC(=O)c2ccc([N+](=O)[O-])cc2)sc2ccccc12. The van der Waals surface area contributed by atoms with Crippen LogP contribution in [-0.4, -0.2) is 10.7 Å². The maximum absolute atomic E-state index is 12.2. The quantitative estimate of drug-likeness (QED) is 0.293. The van der Waals surface area contributed by atoms with Gasteiger partial charge in [-0.3, -0.25) is 14.9 Å². The lowest BCUT2D eigenvalue weighted by atomic mass is 10.1. The van der Waals surface area contributed by atoms with Crippen LogP contribution in [0.25, 0.3) is 16.2 Å². The molecular weight excluding hydrogens is 310 g/mol. The monoisotopic (exact) mass is 323 g/mol. The van der Waals surface area contributed by atoms with Crippen molar-refractivity contribution in [3.05, 3.63) is 80.7 Å². The second-order valence-electron chi connectivity index (χ2n) is 5.09. The number of non-ortho nitro benzene ring substituents is 1. The Balaban J connectivity index is 1.84. The zero-order valence-corrected chi connectivity index (χ0v) is 13.2. The topological polar surface area (TPSA) is 60.2 Å². The number of nitro groups is 1. The minimum atomic E-state index is -0.481. The lowest BCUT2D eigenvalue weighted by Crippen LogP contribution is -1.95. The number of ketones is 1. The third-order valence-electron chi connectivity index (χ3n) is 3.63. The average Bonchev–Trinajstić information content (AvgIpc) is 2.89. The number of hydrogen-bond acceptors (Lipinski definition) is 4. The van der Waals surface area contributed by atoms with E-state index in [4.69, 9.17) is 0 Å². The first kappa shape index (κ1) is 15.1. The number of fused-ring (bicyclic) bond motifs is 1. The van der Waals surface area contributed by atoms with Crippen molar-refractivity contribution in [2.24, 2.45) is 0 Å². The van der Waals surface area contributed by atoms with Gasteiger partial charge in [-0.1, -0.05) is 18.2 Å². The molecule has 2 aromatic carbocycles. The summed E-state index contributed by atoms with van der Waals surface area (Å²) in [5.41, 5.74) is 1.56. The summed E-state index contributed by atoms with van der Waals surface area (Å²) in [4.78, 5) is 23.4. The van der Waals surface area contributed by atoms with Crippen LogP contribution in [0, 0.1) is 17.0 Å². The van der Waals surface area contributed by atoms with Crippen LogP contribution in [0.3, 0.4) is 0 Å². The molecule has 0 spiro atoms. The van der Waals surface area contributed by atoms with E-state index in [1.165, 1.54) is 40.4 Å². The van der Waals surface area contributed by atoms with Crippen LogP contribution in [0.2, 0.25) is 0 Å². The molecule has 0 saturated carbocycles. The third-order valence-corrected chi connectivity index (χ3v) is 4.87. The minimum absolute atomic E-state index is 0.0223. The summed E-state index contributed by atoms with van der Waals surface area (Å²) in [6.07, 6.45) is 3.32. The molecule has 0 aliphatic carbocycles. The van der Waals surface area contributed by atoms with Crippen LogP contribution >= 0.6 is 11.3 Å². The molecule has 3 aromatic rings. The van der Waals surface area contributed by atoms with Gasteiger partial charge < -0.3 is 0 Å². The molecule has 1 heterocycles. The zero-order chi connectivity index (χ0) is 16.4. The van der Waals surface area contributed by atoms with Crippen molar-refractivity contribution in [1.82, 2.24) is 0 Å². The summed E-state index contributed by atoms with van der Waals surface area (Å²) in [5, 5.41) is 11.8. The van der Waals surface area contributed by atoms with E-state index in [1.54, 1.807) is 11.3 Å². The molecule has 0 radical (unpaired) electrons. The van der Waals surface area contributed by atoms with E-state index in [-0.39, 0.29) is 11.5 Å². The summed E-state index contributed by atoms with van der Waals surface area (Å²) in [7, 11) is 0. The van der Waals surface area contributed by atoms with Crippen molar-refractivity contribution in [2.45, 2.75) is 6.92 Å². The van der Waals surface area contributed by atoms with Gasteiger partial charge in [0.2, 0.25) is 0 Å². The Morgan fingerprint density at radius 1 is 1.13 bits per heavy atom. The Bertz CT molecular complexity index is 923. The molecule has 114 valence electrons. The summed E-state index contributed by atoms with van der Waals surface area (Å²) in [6.45, 7) is 2.04. The van der Waals surface area contributed by atoms with E-state index in [0.717, 1.165) is 10.4 Å². The van der Waals surface area contributed by atoms with Crippen LogP contribution in [0.4, 0.5) is 5.69 Å². The van der Waals surface area contributed by atoms with Crippen molar-refractivity contribution in [3.8, 4) is 0 Å². The highest BCUT2D eigenvalue weighted by atomic mass is 32.1. The third kappa shape index (κ3) is 3.05. The number of allylic oxidation sites excluding steroid dienone is 1. The number of aryl methyl sites for hydroxylation is 1. The number of nitrogens with zero attached hydrogens (tertiary/aromatic N) is 1. The number of hydrogen-bond donors (Lipinski definition) is 0. The molecule has 0 atom stereocenters. The molecule has 5 heteroatoms. The molecule has 0 unspecified atom stereocenters. The molecule has 23 heavy (non-hydrogen) atoms. The van der Waals surface area contributed by atoms with E-state index in [2.05, 4.69) is 12.1 Å². The van der Waals surface area contributed by atoms with E-state index in [0.29, 0.717) is 5.56 Å². The summed E-state index contributed by atoms with van der Waals surface area (Å²) < 4.78 is 1.19. The number of carbonyl (C=O) groups is 1. The van der Waals surface area contributed by atoms with Crippen LogP contribution in [0.1, 0.15) is 20.8 Å². The second kappa shape index (κ2) is 6.14. The van der Waals surface area contributed by atoms with Crippen molar-refractivity contribution in [2.75, 3.05) is 0 Å². The van der Waals surface area contributed by atoms with Gasteiger partial charge >= 0.3 is 0 Å². The van der Waals surface area contributed by atoms with Crippen molar-refractivity contribution in [1.29, 1.82) is 0 Å². The van der Waals surface area contributed by atoms with Gasteiger partial charge in [0.05, 0.1) is 4.92 Å². The Morgan fingerprint density at radius 2 is 1.83 bits per heavy atom. The van der Waals surface area contributed by atoms with Gasteiger partial charge in [0.15, 0.2) is 5.78 Å². The zero-order valence-electron chi connectivity index (χ0n) is 12.4. The van der Waals surface area contributed by atoms with Gasteiger partial charge in [-0.15, -0.1) is 11.3 Å². The van der Waals surface area contributed by atoms with Gasteiger partial charge in [0, 0.05) is 27.3 Å². The number of carbonyl (C=O) groups excluding carboxylic acids is 1. The first-order chi connectivity index (χ1) is 11.1. The fourth-order valence-corrected chi connectivity index (χ4v) is 3.46. The van der Waals surface area contributed by atoms with Crippen LogP contribution in [-0.2, 0) is 0 Å². The van der Waals surface area contributed by atoms with Gasteiger partial charge in [-0.2, -0.15) is 0 Å². The molecule has 0 bridgehead atoms. The molecule has 0 saturated heterocycles. The molecule has 4 nitrogen and oxygen atoms in total. The molecule has 0 amide bonds. The van der Waals surface area contributed by atoms with Crippen molar-refractivity contribution < 1.29 is 9.72 Å². The normalized spacial score (nSPS) is 11.2. The van der Waals surface area contributed by atoms with Gasteiger partial charge in [0.25, 0.3) is 5.69 Å². The van der Waals surface area contributed by atoms with Crippen molar-refractivity contribution in [3.63, 3.8) is 0 Å². The largest absolute Gasteiger partial charge is 0.289 e. The van der Waals surface area contributed by atoms with E-state index >= 15 is 0 Å². The van der Waals surface area contributed by atoms with Crippen LogP contribution < -0.4 is 0 Å². The molecule has 0 fully saturated rings. The van der Waals surface area contributed by atoms with E-state index in [9.17, 15) is 14.9 Å². The van der Waals surface area contributed by atoms with E-state index in [1.807, 2.05) is 25.1 Å². The Kier molecular flexibility index (Phi) is 4.04. The standard InChI is InChI=1S/C18H13NO3S/c1-12-15-4-2-3-5-18(15)23-17(12)11-10-16(20)13-6-8-14(9-7-13)19(21)22/h2-11H,1H3. The van der Waals surface area contributed by atoms with Gasteiger partial charge in [-0.05, 0) is 48.2 Å². The maximum Gasteiger partial charge on any atom is 0.269 e.